The summed E-state index contributed by atoms with van der Waals surface area (Å²) < 4.78 is 0.334. The summed E-state index contributed by atoms with van der Waals surface area (Å²) >= 11 is 5.88. The molecule has 1 aromatic heterocycles. The second-order valence-electron chi connectivity index (χ2n) is 2.95. The molecule has 0 fully saturated rings. The van der Waals surface area contributed by atoms with E-state index in [4.69, 9.17) is 12.2 Å². The second kappa shape index (κ2) is 4.97. The maximum atomic E-state index is 10.8. The number of para-hydroxylation sites is 1. The molecule has 0 unspecified atom stereocenters. The van der Waals surface area contributed by atoms with Gasteiger partial charge in [0.05, 0.1) is 4.92 Å². The van der Waals surface area contributed by atoms with Crippen molar-refractivity contribution >= 4 is 29.9 Å². The highest BCUT2D eigenvalue weighted by Crippen LogP contribution is 2.26. The molecule has 0 amide bonds. The highest BCUT2D eigenvalue weighted by Gasteiger charge is 2.12. The molecule has 7 nitrogen and oxygen atoms in total. The van der Waals surface area contributed by atoms with Crippen molar-refractivity contribution in [1.82, 2.24) is 14.9 Å². The molecular formula is C8H7N5O2S2. The summed E-state index contributed by atoms with van der Waals surface area (Å²) in [4.78, 5) is 18.9. The smallest absolute Gasteiger partial charge is 0.258 e. The van der Waals surface area contributed by atoms with E-state index in [0.717, 1.165) is 11.9 Å². The van der Waals surface area contributed by atoms with Crippen LogP contribution in [-0.2, 0) is 0 Å². The normalized spacial score (nSPS) is 10.1. The predicted octanol–water partition coefficient (Wildman–Crippen LogP) is 2.10. The average molecular weight is 269 g/mol. The molecule has 88 valence electrons. The van der Waals surface area contributed by atoms with Crippen molar-refractivity contribution in [1.29, 1.82) is 0 Å². The molecular weight excluding hydrogens is 262 g/mol. The lowest BCUT2D eigenvalue weighted by Gasteiger charge is -2.04. The van der Waals surface area contributed by atoms with Crippen LogP contribution in [0.25, 0.3) is 0 Å². The number of hydrogen-bond acceptors (Lipinski definition) is 6. The number of aromatic amines is 1. The second-order valence-corrected chi connectivity index (χ2v) is 4.16. The summed E-state index contributed by atoms with van der Waals surface area (Å²) in [6.45, 7) is 0. The lowest BCUT2D eigenvalue weighted by atomic mass is 10.3. The highest BCUT2D eigenvalue weighted by molar-refractivity contribution is 8.00. The van der Waals surface area contributed by atoms with Crippen LogP contribution in [0.15, 0.2) is 35.5 Å². The molecule has 17 heavy (non-hydrogen) atoms. The van der Waals surface area contributed by atoms with Crippen molar-refractivity contribution in [3.8, 4) is 0 Å². The van der Waals surface area contributed by atoms with E-state index < -0.39 is 4.92 Å². The largest absolute Gasteiger partial charge is 0.284 e. The van der Waals surface area contributed by atoms with Crippen molar-refractivity contribution in [3.63, 3.8) is 0 Å². The molecule has 0 radical (unpaired) electrons. The molecule has 0 saturated heterocycles. The summed E-state index contributed by atoms with van der Waals surface area (Å²) in [5.41, 5.74) is 0.0451. The topological polar surface area (TPSA) is 88.8 Å². The highest BCUT2D eigenvalue weighted by atomic mass is 32.2. The number of benzene rings is 1. The Hall–Kier alpha value is -1.87. The van der Waals surface area contributed by atoms with Crippen LogP contribution in [-0.4, -0.2) is 19.8 Å². The van der Waals surface area contributed by atoms with Crippen molar-refractivity contribution in [2.75, 3.05) is 4.83 Å². The van der Waals surface area contributed by atoms with Gasteiger partial charge in [-0.05, 0) is 18.3 Å². The van der Waals surface area contributed by atoms with Gasteiger partial charge in [-0.25, -0.2) is 9.82 Å². The van der Waals surface area contributed by atoms with Crippen LogP contribution < -0.4 is 4.83 Å². The lowest BCUT2D eigenvalue weighted by molar-refractivity contribution is -0.387. The third-order valence-corrected chi connectivity index (χ3v) is 2.87. The van der Waals surface area contributed by atoms with Crippen LogP contribution in [0.5, 0.6) is 0 Å². The average Bonchev–Trinajstić information content (AvgIpc) is 2.73. The molecule has 0 aliphatic carbocycles. The van der Waals surface area contributed by atoms with Gasteiger partial charge in [-0.3, -0.25) is 15.2 Å². The van der Waals surface area contributed by atoms with E-state index >= 15 is 0 Å². The Bertz CT molecular complexity index is 593. The van der Waals surface area contributed by atoms with Crippen LogP contribution in [0.2, 0.25) is 0 Å². The van der Waals surface area contributed by atoms with E-state index in [0.29, 0.717) is 9.67 Å². The number of aromatic nitrogens is 3. The van der Waals surface area contributed by atoms with Crippen LogP contribution in [0.4, 0.5) is 5.69 Å². The van der Waals surface area contributed by atoms with E-state index in [2.05, 4.69) is 14.9 Å². The molecule has 1 aromatic carbocycles. The van der Waals surface area contributed by atoms with Crippen LogP contribution in [0.3, 0.4) is 0 Å². The Kier molecular flexibility index (Phi) is 3.40. The molecule has 9 heteroatoms. The minimum atomic E-state index is -0.430. The maximum absolute atomic E-state index is 10.8. The van der Waals surface area contributed by atoms with E-state index in [-0.39, 0.29) is 5.69 Å². The van der Waals surface area contributed by atoms with Crippen LogP contribution >= 0.6 is 24.2 Å². The number of nitro groups is 1. The predicted molar refractivity (Wildman–Crippen MR) is 65.7 cm³/mol. The first-order chi connectivity index (χ1) is 8.16. The van der Waals surface area contributed by atoms with Gasteiger partial charge in [-0.1, -0.05) is 12.1 Å². The SMILES string of the molecule is O=[N+]([O-])c1ccccc1SNn1cnc(=S)[nH]1. The summed E-state index contributed by atoms with van der Waals surface area (Å²) in [6, 6.07) is 6.45. The molecule has 0 bridgehead atoms. The monoisotopic (exact) mass is 269 g/mol. The van der Waals surface area contributed by atoms with Gasteiger partial charge < -0.3 is 0 Å². The number of hydrogen-bond donors (Lipinski definition) is 2. The van der Waals surface area contributed by atoms with E-state index in [1.807, 2.05) is 0 Å². The fourth-order valence-corrected chi connectivity index (χ4v) is 1.94. The number of nitrogens with one attached hydrogen (secondary N) is 2. The first kappa shape index (κ1) is 11.6. The minimum absolute atomic E-state index is 0.0451. The van der Waals surface area contributed by atoms with Crippen LogP contribution in [0.1, 0.15) is 0 Å². The molecule has 0 saturated carbocycles. The number of nitrogens with zero attached hydrogens (tertiary/aromatic N) is 3. The first-order valence-electron chi connectivity index (χ1n) is 4.47. The fraction of sp³-hybridized carbons (Fsp3) is 0. The van der Waals surface area contributed by atoms with Crippen molar-refractivity contribution in [2.45, 2.75) is 4.90 Å². The third kappa shape index (κ3) is 2.82. The molecule has 1 heterocycles. The molecule has 0 aliphatic rings. The van der Waals surface area contributed by atoms with E-state index in [1.165, 1.54) is 17.2 Å². The number of rotatable bonds is 4. The Morgan fingerprint density at radius 1 is 1.53 bits per heavy atom. The number of nitro benzene ring substituents is 1. The molecule has 0 spiro atoms. The van der Waals surface area contributed by atoms with Gasteiger partial charge in [0.2, 0.25) is 4.77 Å². The van der Waals surface area contributed by atoms with Gasteiger partial charge in [0.15, 0.2) is 0 Å². The summed E-state index contributed by atoms with van der Waals surface area (Å²) in [5.74, 6) is 0. The molecule has 2 N–H and O–H groups in total. The Morgan fingerprint density at radius 3 is 2.94 bits per heavy atom. The van der Waals surface area contributed by atoms with Gasteiger partial charge in [0.25, 0.3) is 5.69 Å². The van der Waals surface area contributed by atoms with Crippen molar-refractivity contribution < 1.29 is 4.92 Å². The lowest BCUT2D eigenvalue weighted by Crippen LogP contribution is -2.07. The Morgan fingerprint density at radius 2 is 2.29 bits per heavy atom. The zero-order valence-corrected chi connectivity index (χ0v) is 9.99. The third-order valence-electron chi connectivity index (χ3n) is 1.82. The summed E-state index contributed by atoms with van der Waals surface area (Å²) in [6.07, 6.45) is 1.45. The van der Waals surface area contributed by atoms with Gasteiger partial charge >= 0.3 is 0 Å². The van der Waals surface area contributed by atoms with E-state index in [9.17, 15) is 10.1 Å². The standard InChI is InChI=1S/C8H7N5O2S2/c14-13(15)6-3-1-2-4-7(6)17-11-12-5-9-8(16)10-12/h1-5,11H,(H,10,16). The van der Waals surface area contributed by atoms with Crippen molar-refractivity contribution in [3.05, 3.63) is 45.5 Å². The number of H-pyrrole nitrogens is 1. The first-order valence-corrected chi connectivity index (χ1v) is 5.69. The van der Waals surface area contributed by atoms with Gasteiger partial charge in [0, 0.05) is 18.0 Å². The molecule has 0 atom stereocenters. The molecule has 0 aliphatic heterocycles. The zero-order valence-electron chi connectivity index (χ0n) is 8.36. The molecule has 2 rings (SSSR count). The van der Waals surface area contributed by atoms with Gasteiger partial charge in [-0.2, -0.15) is 4.79 Å². The van der Waals surface area contributed by atoms with Gasteiger partial charge in [0.1, 0.15) is 11.2 Å². The Balaban J connectivity index is 2.14. The maximum Gasteiger partial charge on any atom is 0.284 e. The quantitative estimate of drug-likeness (QED) is 0.382. The Labute approximate surface area is 105 Å². The van der Waals surface area contributed by atoms with E-state index in [1.54, 1.807) is 18.2 Å². The van der Waals surface area contributed by atoms with Gasteiger partial charge in [-0.15, -0.1) is 0 Å². The molecule has 2 aromatic rings. The summed E-state index contributed by atoms with van der Waals surface area (Å²) in [5, 5.41) is 13.5. The minimum Gasteiger partial charge on any atom is -0.258 e. The van der Waals surface area contributed by atoms with Crippen molar-refractivity contribution in [2.24, 2.45) is 0 Å². The fourth-order valence-electron chi connectivity index (χ4n) is 1.11. The van der Waals surface area contributed by atoms with Crippen LogP contribution in [0, 0.1) is 14.9 Å². The summed E-state index contributed by atoms with van der Waals surface area (Å²) in [7, 11) is 0. The zero-order chi connectivity index (χ0) is 12.3.